The van der Waals surface area contributed by atoms with E-state index in [0.29, 0.717) is 35.9 Å². The molecule has 1 aliphatic rings. The summed E-state index contributed by atoms with van der Waals surface area (Å²) in [6, 6.07) is 11.7. The molecule has 0 bridgehead atoms. The fourth-order valence-corrected chi connectivity index (χ4v) is 4.79. The molecule has 1 unspecified atom stereocenters. The number of thiophene rings is 1. The molecule has 3 aromatic heterocycles. The quantitative estimate of drug-likeness (QED) is 0.259. The first-order chi connectivity index (χ1) is 17.2. The van der Waals surface area contributed by atoms with Crippen LogP contribution < -0.4 is 15.5 Å². The monoisotopic (exact) mass is 492 g/mol. The van der Waals surface area contributed by atoms with Crippen LogP contribution in [0, 0.1) is 0 Å². The van der Waals surface area contributed by atoms with Crippen molar-refractivity contribution in [1.29, 1.82) is 0 Å². The van der Waals surface area contributed by atoms with Crippen molar-refractivity contribution < 1.29 is 10.2 Å². The molecule has 1 atom stereocenters. The number of rotatable bonds is 9. The fraction of sp³-hybridized carbons (Fsp3) is 0.333. The van der Waals surface area contributed by atoms with Crippen molar-refractivity contribution in [3.63, 3.8) is 0 Å². The van der Waals surface area contributed by atoms with Gasteiger partial charge in [-0.15, -0.1) is 11.3 Å². The highest BCUT2D eigenvalue weighted by Crippen LogP contribution is 2.25. The minimum Gasteiger partial charge on any atom is -0.395 e. The third-order valence-corrected chi connectivity index (χ3v) is 6.75. The maximum absolute atomic E-state index is 10.3. The molecule has 0 saturated carbocycles. The second-order valence-corrected chi connectivity index (χ2v) is 9.33. The number of β-amino-alcohol motifs (C(OH)–C–C–N with tert-alkyl or cyclic N) is 1. The second-order valence-electron chi connectivity index (χ2n) is 8.30. The van der Waals surface area contributed by atoms with Gasteiger partial charge in [0.1, 0.15) is 6.23 Å². The van der Waals surface area contributed by atoms with E-state index in [1.54, 1.807) is 23.7 Å². The summed E-state index contributed by atoms with van der Waals surface area (Å²) in [6.07, 6.45) is 3.16. The number of benzene rings is 1. The predicted octanol–water partition coefficient (Wildman–Crippen LogP) is 2.31. The van der Waals surface area contributed by atoms with Crippen molar-refractivity contribution in [3.05, 3.63) is 59.0 Å². The molecule has 5 rings (SSSR count). The Morgan fingerprint density at radius 2 is 1.74 bits per heavy atom. The predicted molar refractivity (Wildman–Crippen MR) is 138 cm³/mol. The van der Waals surface area contributed by atoms with Gasteiger partial charge < -0.3 is 25.7 Å². The maximum Gasteiger partial charge on any atom is 0.229 e. The SMILES string of the molecule is OCCN1CCN(c2nc(Nc3ccc(NC(O)Cc4cccs4)cc3)c3nccnc3n2)CC1. The van der Waals surface area contributed by atoms with Crippen LogP contribution in [0.2, 0.25) is 0 Å². The van der Waals surface area contributed by atoms with Gasteiger partial charge in [-0.25, -0.2) is 9.97 Å². The number of hydrogen-bond donors (Lipinski definition) is 4. The van der Waals surface area contributed by atoms with Gasteiger partial charge in [-0.3, -0.25) is 4.90 Å². The van der Waals surface area contributed by atoms with E-state index in [1.165, 1.54) is 0 Å². The zero-order chi connectivity index (χ0) is 24.0. The molecule has 0 amide bonds. The minimum absolute atomic E-state index is 0.165. The van der Waals surface area contributed by atoms with Crippen molar-refractivity contribution in [3.8, 4) is 0 Å². The Labute approximate surface area is 207 Å². The molecule has 1 aliphatic heterocycles. The molecule has 0 radical (unpaired) electrons. The minimum atomic E-state index is -0.658. The summed E-state index contributed by atoms with van der Waals surface area (Å²) < 4.78 is 0. The topological polar surface area (TPSA) is 123 Å². The van der Waals surface area contributed by atoms with Crippen molar-refractivity contribution in [1.82, 2.24) is 24.8 Å². The van der Waals surface area contributed by atoms with Crippen molar-refractivity contribution in [2.75, 3.05) is 54.9 Å². The van der Waals surface area contributed by atoms with E-state index in [2.05, 4.69) is 35.4 Å². The molecule has 182 valence electrons. The molecule has 1 fully saturated rings. The molecule has 35 heavy (non-hydrogen) atoms. The van der Waals surface area contributed by atoms with Crippen LogP contribution in [-0.2, 0) is 6.42 Å². The number of fused-ring (bicyclic) bond motifs is 1. The zero-order valence-corrected chi connectivity index (χ0v) is 20.0. The first kappa shape index (κ1) is 23.4. The lowest BCUT2D eigenvalue weighted by Gasteiger charge is -2.34. The van der Waals surface area contributed by atoms with E-state index in [0.717, 1.165) is 42.4 Å². The highest BCUT2D eigenvalue weighted by Gasteiger charge is 2.21. The first-order valence-electron chi connectivity index (χ1n) is 11.6. The van der Waals surface area contributed by atoms with E-state index in [9.17, 15) is 10.2 Å². The molecule has 4 aromatic rings. The van der Waals surface area contributed by atoms with Crippen molar-refractivity contribution in [2.24, 2.45) is 0 Å². The van der Waals surface area contributed by atoms with Crippen LogP contribution in [0.4, 0.5) is 23.1 Å². The number of nitrogens with one attached hydrogen (secondary N) is 2. The number of aliphatic hydroxyl groups excluding tert-OH is 2. The molecule has 4 N–H and O–H groups in total. The summed E-state index contributed by atoms with van der Waals surface area (Å²) in [5, 5.41) is 28.0. The average Bonchev–Trinajstić information content (AvgIpc) is 3.39. The maximum atomic E-state index is 10.3. The van der Waals surface area contributed by atoms with Gasteiger partial charge in [-0.05, 0) is 35.7 Å². The number of nitrogens with zero attached hydrogens (tertiary/aromatic N) is 6. The second kappa shape index (κ2) is 10.9. The van der Waals surface area contributed by atoms with Crippen LogP contribution in [0.25, 0.3) is 11.2 Å². The fourth-order valence-electron chi connectivity index (χ4n) is 4.04. The Morgan fingerprint density at radius 3 is 2.49 bits per heavy atom. The van der Waals surface area contributed by atoms with Crippen molar-refractivity contribution >= 4 is 45.6 Å². The third-order valence-electron chi connectivity index (χ3n) is 5.85. The first-order valence-corrected chi connectivity index (χ1v) is 12.5. The number of hydrogen-bond acceptors (Lipinski definition) is 11. The standard InChI is InChI=1S/C24H28N8O2S/c33-14-13-31-9-11-32(12-10-31)24-29-22-21(25-7-8-26-22)23(30-24)28-18-5-3-17(4-6-18)27-20(34)16-19-2-1-15-35-19/h1-8,15,20,27,33-34H,9-14,16H2,(H,26,28,29,30). The number of aliphatic hydroxyl groups is 2. The summed E-state index contributed by atoms with van der Waals surface area (Å²) >= 11 is 1.63. The lowest BCUT2D eigenvalue weighted by Crippen LogP contribution is -2.47. The van der Waals surface area contributed by atoms with E-state index in [1.807, 2.05) is 41.8 Å². The Balaban J connectivity index is 1.30. The molecule has 0 spiro atoms. The van der Waals surface area contributed by atoms with Gasteiger partial charge >= 0.3 is 0 Å². The van der Waals surface area contributed by atoms with Gasteiger partial charge in [0.15, 0.2) is 17.0 Å². The lowest BCUT2D eigenvalue weighted by atomic mass is 10.2. The normalized spacial score (nSPS) is 15.3. The molecule has 0 aliphatic carbocycles. The Morgan fingerprint density at radius 1 is 0.971 bits per heavy atom. The molecular formula is C24H28N8O2S. The van der Waals surface area contributed by atoms with Gasteiger partial charge in [0.25, 0.3) is 0 Å². The van der Waals surface area contributed by atoms with E-state index in [4.69, 9.17) is 4.98 Å². The van der Waals surface area contributed by atoms with Crippen LogP contribution in [0.5, 0.6) is 0 Å². The van der Waals surface area contributed by atoms with Crippen molar-refractivity contribution in [2.45, 2.75) is 12.6 Å². The number of piperazine rings is 1. The van der Waals surface area contributed by atoms with Gasteiger partial charge in [0.2, 0.25) is 5.95 Å². The van der Waals surface area contributed by atoms with Crippen LogP contribution in [0.15, 0.2) is 54.2 Å². The highest BCUT2D eigenvalue weighted by atomic mass is 32.1. The van der Waals surface area contributed by atoms with E-state index < -0.39 is 6.23 Å². The van der Waals surface area contributed by atoms with Gasteiger partial charge in [0.05, 0.1) is 6.61 Å². The van der Waals surface area contributed by atoms with Gasteiger partial charge in [-0.1, -0.05) is 6.07 Å². The summed E-state index contributed by atoms with van der Waals surface area (Å²) in [5.41, 5.74) is 2.80. The van der Waals surface area contributed by atoms with Crippen LogP contribution in [0.1, 0.15) is 4.88 Å². The zero-order valence-electron chi connectivity index (χ0n) is 19.2. The summed E-state index contributed by atoms with van der Waals surface area (Å²) in [4.78, 5) is 23.8. The average molecular weight is 493 g/mol. The molecular weight excluding hydrogens is 464 g/mol. The molecule has 10 nitrogen and oxygen atoms in total. The number of anilines is 4. The van der Waals surface area contributed by atoms with Gasteiger partial charge in [0, 0.05) is 67.8 Å². The molecule has 1 saturated heterocycles. The lowest BCUT2D eigenvalue weighted by molar-refractivity contribution is 0.188. The summed E-state index contributed by atoms with van der Waals surface area (Å²) in [6.45, 7) is 4.09. The highest BCUT2D eigenvalue weighted by molar-refractivity contribution is 7.09. The Hall–Kier alpha value is -3.38. The number of aromatic nitrogens is 4. The van der Waals surface area contributed by atoms with Crippen LogP contribution >= 0.6 is 11.3 Å². The summed E-state index contributed by atoms with van der Waals surface area (Å²) in [5.74, 6) is 1.20. The molecule has 1 aromatic carbocycles. The Kier molecular flexibility index (Phi) is 7.28. The van der Waals surface area contributed by atoms with Crippen LogP contribution in [-0.4, -0.2) is 80.6 Å². The summed E-state index contributed by atoms with van der Waals surface area (Å²) in [7, 11) is 0. The molecule has 11 heteroatoms. The van der Waals surface area contributed by atoms with E-state index in [-0.39, 0.29) is 6.61 Å². The smallest absolute Gasteiger partial charge is 0.229 e. The van der Waals surface area contributed by atoms with E-state index >= 15 is 0 Å². The largest absolute Gasteiger partial charge is 0.395 e. The third kappa shape index (κ3) is 5.82. The molecule has 4 heterocycles. The van der Waals surface area contributed by atoms with Gasteiger partial charge in [-0.2, -0.15) is 9.97 Å². The Bertz CT molecular complexity index is 1230. The van der Waals surface area contributed by atoms with Crippen LogP contribution in [0.3, 0.4) is 0 Å².